The first-order chi connectivity index (χ1) is 13.5. The molecule has 1 aliphatic rings. The van der Waals surface area contributed by atoms with Gasteiger partial charge in [0.2, 0.25) is 0 Å². The second-order valence-electron chi connectivity index (χ2n) is 6.74. The lowest BCUT2D eigenvalue weighted by Gasteiger charge is -2.18. The first-order valence-electron chi connectivity index (χ1n) is 9.27. The molecule has 2 heterocycles. The van der Waals surface area contributed by atoms with Crippen molar-refractivity contribution >= 4 is 45.5 Å². The van der Waals surface area contributed by atoms with Crippen molar-refractivity contribution in [2.75, 3.05) is 18.5 Å². The summed E-state index contributed by atoms with van der Waals surface area (Å²) in [4.78, 5) is 38.6. The standard InChI is InChI=1S/C20H23NO5S2/c1-3-25-20(24)18-14-7-6-12(2)9-15(14)28-19(18)21-16(22)11-26-17(23)10-13-5-4-8-27-13/h4-5,8,12H,3,6-7,9-11H2,1-2H3,(H,21,22). The summed E-state index contributed by atoms with van der Waals surface area (Å²) in [6.07, 6.45) is 2.83. The van der Waals surface area contributed by atoms with Crippen molar-refractivity contribution in [2.45, 2.75) is 39.5 Å². The molecule has 0 aromatic carbocycles. The maximum atomic E-state index is 12.5. The zero-order valence-corrected chi connectivity index (χ0v) is 17.5. The number of ether oxygens (including phenoxy) is 2. The molecule has 1 aliphatic carbocycles. The van der Waals surface area contributed by atoms with Crippen LogP contribution in [-0.4, -0.2) is 31.1 Å². The molecule has 3 rings (SSSR count). The lowest BCUT2D eigenvalue weighted by atomic mass is 9.88. The Morgan fingerprint density at radius 2 is 2.11 bits per heavy atom. The molecule has 0 saturated carbocycles. The number of rotatable bonds is 7. The molecule has 0 fully saturated rings. The average molecular weight is 422 g/mol. The van der Waals surface area contributed by atoms with Crippen LogP contribution >= 0.6 is 22.7 Å². The maximum absolute atomic E-state index is 12.5. The van der Waals surface area contributed by atoms with E-state index in [9.17, 15) is 14.4 Å². The van der Waals surface area contributed by atoms with Crippen LogP contribution < -0.4 is 5.32 Å². The van der Waals surface area contributed by atoms with Gasteiger partial charge in [0.25, 0.3) is 5.91 Å². The zero-order valence-electron chi connectivity index (χ0n) is 15.9. The van der Waals surface area contributed by atoms with E-state index in [0.29, 0.717) is 16.5 Å². The van der Waals surface area contributed by atoms with Crippen LogP contribution in [-0.2, 0) is 38.3 Å². The van der Waals surface area contributed by atoms with Crippen molar-refractivity contribution < 1.29 is 23.9 Å². The lowest BCUT2D eigenvalue weighted by molar-refractivity contribution is -0.146. The van der Waals surface area contributed by atoms with Gasteiger partial charge < -0.3 is 14.8 Å². The summed E-state index contributed by atoms with van der Waals surface area (Å²) in [6, 6.07) is 3.70. The van der Waals surface area contributed by atoms with E-state index in [4.69, 9.17) is 9.47 Å². The highest BCUT2D eigenvalue weighted by atomic mass is 32.1. The molecule has 0 aliphatic heterocycles. The predicted molar refractivity (Wildman–Crippen MR) is 109 cm³/mol. The van der Waals surface area contributed by atoms with Gasteiger partial charge in [-0.3, -0.25) is 9.59 Å². The second-order valence-corrected chi connectivity index (χ2v) is 8.88. The molecule has 1 atom stereocenters. The van der Waals surface area contributed by atoms with Gasteiger partial charge in [0.1, 0.15) is 5.00 Å². The highest BCUT2D eigenvalue weighted by Crippen LogP contribution is 2.40. The van der Waals surface area contributed by atoms with Gasteiger partial charge in [-0.2, -0.15) is 0 Å². The van der Waals surface area contributed by atoms with E-state index in [2.05, 4.69) is 12.2 Å². The SMILES string of the molecule is CCOC(=O)c1c(NC(=O)COC(=O)Cc2cccs2)sc2c1CCC(C)C2. The summed E-state index contributed by atoms with van der Waals surface area (Å²) >= 11 is 2.88. The predicted octanol–water partition coefficient (Wildman–Crippen LogP) is 3.84. The Bertz CT molecular complexity index is 856. The van der Waals surface area contributed by atoms with Crippen LogP contribution in [0.25, 0.3) is 0 Å². The molecule has 2 aromatic heterocycles. The van der Waals surface area contributed by atoms with Crippen molar-refractivity contribution in [2.24, 2.45) is 5.92 Å². The van der Waals surface area contributed by atoms with Gasteiger partial charge in [0.05, 0.1) is 18.6 Å². The van der Waals surface area contributed by atoms with Gasteiger partial charge in [-0.05, 0) is 49.1 Å². The smallest absolute Gasteiger partial charge is 0.341 e. The van der Waals surface area contributed by atoms with Crippen molar-refractivity contribution in [3.8, 4) is 0 Å². The molecule has 0 saturated heterocycles. The highest BCUT2D eigenvalue weighted by molar-refractivity contribution is 7.17. The Morgan fingerprint density at radius 1 is 1.29 bits per heavy atom. The van der Waals surface area contributed by atoms with E-state index in [-0.39, 0.29) is 19.6 Å². The molecule has 28 heavy (non-hydrogen) atoms. The van der Waals surface area contributed by atoms with Crippen LogP contribution in [0, 0.1) is 5.92 Å². The Labute approximate surface area is 171 Å². The Hall–Kier alpha value is -2.19. The second kappa shape index (κ2) is 9.34. The fourth-order valence-corrected chi connectivity index (χ4v) is 5.28. The molecule has 8 heteroatoms. The Kier molecular flexibility index (Phi) is 6.85. The number of carbonyl (C=O) groups is 3. The van der Waals surface area contributed by atoms with Crippen LogP contribution in [0.5, 0.6) is 0 Å². The molecule has 2 aromatic rings. The average Bonchev–Trinajstić information content (AvgIpc) is 3.27. The molecule has 0 bridgehead atoms. The molecular formula is C20H23NO5S2. The molecule has 1 N–H and O–H groups in total. The number of anilines is 1. The summed E-state index contributed by atoms with van der Waals surface area (Å²) < 4.78 is 10.3. The van der Waals surface area contributed by atoms with E-state index in [1.165, 1.54) is 22.7 Å². The summed E-state index contributed by atoms with van der Waals surface area (Å²) in [7, 11) is 0. The summed E-state index contributed by atoms with van der Waals surface area (Å²) in [6.45, 7) is 3.82. The van der Waals surface area contributed by atoms with Crippen LogP contribution in [0.2, 0.25) is 0 Å². The normalized spacial score (nSPS) is 15.6. The summed E-state index contributed by atoms with van der Waals surface area (Å²) in [5.74, 6) is -0.790. The molecule has 0 radical (unpaired) electrons. The number of nitrogens with one attached hydrogen (secondary N) is 1. The first kappa shape index (κ1) is 20.5. The fourth-order valence-electron chi connectivity index (χ4n) is 3.17. The first-order valence-corrected chi connectivity index (χ1v) is 11.0. The molecule has 6 nitrogen and oxygen atoms in total. The number of esters is 2. The van der Waals surface area contributed by atoms with Crippen molar-refractivity contribution in [3.05, 3.63) is 38.4 Å². The topological polar surface area (TPSA) is 81.7 Å². The van der Waals surface area contributed by atoms with Gasteiger partial charge in [0.15, 0.2) is 6.61 Å². The lowest BCUT2D eigenvalue weighted by Crippen LogP contribution is -2.22. The monoisotopic (exact) mass is 421 g/mol. The third kappa shape index (κ3) is 4.99. The van der Waals surface area contributed by atoms with E-state index in [0.717, 1.165) is 34.6 Å². The van der Waals surface area contributed by atoms with Crippen molar-refractivity contribution in [1.82, 2.24) is 0 Å². The number of fused-ring (bicyclic) bond motifs is 1. The van der Waals surface area contributed by atoms with Crippen LogP contribution in [0.1, 0.15) is 45.9 Å². The molecule has 0 spiro atoms. The van der Waals surface area contributed by atoms with Crippen LogP contribution in [0.4, 0.5) is 5.00 Å². The molecule has 150 valence electrons. The molecular weight excluding hydrogens is 398 g/mol. The summed E-state index contributed by atoms with van der Waals surface area (Å²) in [5.41, 5.74) is 1.43. The van der Waals surface area contributed by atoms with Gasteiger partial charge >= 0.3 is 11.9 Å². The van der Waals surface area contributed by atoms with Crippen LogP contribution in [0.3, 0.4) is 0 Å². The van der Waals surface area contributed by atoms with Gasteiger partial charge in [-0.25, -0.2) is 4.79 Å². The number of thiophene rings is 2. The van der Waals surface area contributed by atoms with Crippen LogP contribution in [0.15, 0.2) is 17.5 Å². The van der Waals surface area contributed by atoms with Gasteiger partial charge in [-0.15, -0.1) is 22.7 Å². The highest BCUT2D eigenvalue weighted by Gasteiger charge is 2.29. The number of hydrogen-bond acceptors (Lipinski definition) is 7. The van der Waals surface area contributed by atoms with Gasteiger partial charge in [0, 0.05) is 9.75 Å². The minimum atomic E-state index is -0.461. The Balaban J connectivity index is 1.66. The van der Waals surface area contributed by atoms with E-state index < -0.39 is 17.8 Å². The summed E-state index contributed by atoms with van der Waals surface area (Å²) in [5, 5.41) is 5.10. The zero-order chi connectivity index (χ0) is 20.1. The van der Waals surface area contributed by atoms with E-state index >= 15 is 0 Å². The molecule has 1 amide bonds. The quantitative estimate of drug-likeness (QED) is 0.687. The fraction of sp³-hybridized carbons (Fsp3) is 0.450. The van der Waals surface area contributed by atoms with Gasteiger partial charge in [-0.1, -0.05) is 13.0 Å². The third-order valence-corrected chi connectivity index (χ3v) is 6.55. The maximum Gasteiger partial charge on any atom is 0.341 e. The number of hydrogen-bond donors (Lipinski definition) is 1. The van der Waals surface area contributed by atoms with E-state index in [1.54, 1.807) is 6.92 Å². The van der Waals surface area contributed by atoms with Crippen molar-refractivity contribution in [1.29, 1.82) is 0 Å². The number of carbonyl (C=O) groups excluding carboxylic acids is 3. The Morgan fingerprint density at radius 3 is 2.82 bits per heavy atom. The minimum Gasteiger partial charge on any atom is -0.462 e. The largest absolute Gasteiger partial charge is 0.462 e. The third-order valence-electron chi connectivity index (χ3n) is 4.51. The van der Waals surface area contributed by atoms with Crippen molar-refractivity contribution in [3.63, 3.8) is 0 Å². The molecule has 1 unspecified atom stereocenters. The van der Waals surface area contributed by atoms with E-state index in [1.807, 2.05) is 17.5 Å². The number of amides is 1. The minimum absolute atomic E-state index is 0.143.